The summed E-state index contributed by atoms with van der Waals surface area (Å²) in [5.41, 5.74) is 0. The van der Waals surface area contributed by atoms with Crippen LogP contribution in [0.25, 0.3) is 0 Å². The molecule has 1 fully saturated rings. The predicted octanol–water partition coefficient (Wildman–Crippen LogP) is -0.0980. The lowest BCUT2D eigenvalue weighted by molar-refractivity contribution is -0.0185. The van der Waals surface area contributed by atoms with E-state index in [9.17, 15) is 8.42 Å². The van der Waals surface area contributed by atoms with E-state index < -0.39 is 10.2 Å². The molecule has 5 nitrogen and oxygen atoms in total. The number of nitrogens with zero attached hydrogens (tertiary/aromatic N) is 2. The van der Waals surface area contributed by atoms with Crippen molar-refractivity contribution in [1.82, 2.24) is 8.61 Å². The largest absolute Gasteiger partial charge is 0.375 e. The SMILES string of the molecule is CC1CN(S(=O)(=O)N(C)C)C(C)CO1. The number of ether oxygens (including phenoxy) is 1. The summed E-state index contributed by atoms with van der Waals surface area (Å²) in [7, 11) is -0.208. The number of hydrogen-bond donors (Lipinski definition) is 0. The zero-order chi connectivity index (χ0) is 10.9. The van der Waals surface area contributed by atoms with Gasteiger partial charge in [-0.3, -0.25) is 0 Å². The lowest BCUT2D eigenvalue weighted by Crippen LogP contribution is -2.53. The zero-order valence-electron chi connectivity index (χ0n) is 9.10. The number of morpholine rings is 1. The van der Waals surface area contributed by atoms with E-state index >= 15 is 0 Å². The Bertz CT molecular complexity index is 289. The van der Waals surface area contributed by atoms with Crippen LogP contribution in [0.15, 0.2) is 0 Å². The third-order valence-corrected chi connectivity index (χ3v) is 4.33. The molecular formula is C8H18N2O3S. The second kappa shape index (κ2) is 4.14. The fraction of sp³-hybridized carbons (Fsp3) is 1.00. The van der Waals surface area contributed by atoms with Gasteiger partial charge < -0.3 is 4.74 Å². The fourth-order valence-electron chi connectivity index (χ4n) is 1.40. The van der Waals surface area contributed by atoms with Crippen molar-refractivity contribution >= 4 is 10.2 Å². The molecule has 0 N–H and O–H groups in total. The van der Waals surface area contributed by atoms with Crippen LogP contribution in [0, 0.1) is 0 Å². The Morgan fingerprint density at radius 2 is 1.93 bits per heavy atom. The molecule has 1 aliphatic rings. The van der Waals surface area contributed by atoms with Crippen LogP contribution in [0.5, 0.6) is 0 Å². The van der Waals surface area contributed by atoms with Gasteiger partial charge in [0.1, 0.15) is 0 Å². The lowest BCUT2D eigenvalue weighted by atomic mass is 10.2. The second-order valence-corrected chi connectivity index (χ2v) is 5.95. The minimum absolute atomic E-state index is 0.0269. The third kappa shape index (κ3) is 2.25. The summed E-state index contributed by atoms with van der Waals surface area (Å²) in [6.45, 7) is 4.63. The Morgan fingerprint density at radius 1 is 1.36 bits per heavy atom. The van der Waals surface area contributed by atoms with Gasteiger partial charge in [0.25, 0.3) is 10.2 Å². The summed E-state index contributed by atoms with van der Waals surface area (Å²) < 4.78 is 31.8. The van der Waals surface area contributed by atoms with Crippen LogP contribution < -0.4 is 0 Å². The Balaban J connectivity index is 2.85. The third-order valence-electron chi connectivity index (χ3n) is 2.31. The van der Waals surface area contributed by atoms with E-state index in [0.717, 1.165) is 0 Å². The topological polar surface area (TPSA) is 49.9 Å². The summed E-state index contributed by atoms with van der Waals surface area (Å²) in [5.74, 6) is 0. The van der Waals surface area contributed by atoms with Gasteiger partial charge in [0, 0.05) is 26.7 Å². The quantitative estimate of drug-likeness (QED) is 0.655. The van der Waals surface area contributed by atoms with Gasteiger partial charge in [-0.05, 0) is 13.8 Å². The maximum absolute atomic E-state index is 11.8. The summed E-state index contributed by atoms with van der Waals surface area (Å²) in [4.78, 5) is 0. The molecule has 14 heavy (non-hydrogen) atoms. The molecule has 1 rings (SSSR count). The van der Waals surface area contributed by atoms with Gasteiger partial charge in [0.15, 0.2) is 0 Å². The van der Waals surface area contributed by atoms with Crippen LogP contribution in [-0.4, -0.2) is 56.4 Å². The highest BCUT2D eigenvalue weighted by molar-refractivity contribution is 7.86. The average Bonchev–Trinajstić information content (AvgIpc) is 2.08. The van der Waals surface area contributed by atoms with Gasteiger partial charge in [0.05, 0.1) is 12.7 Å². The Kier molecular flexibility index (Phi) is 3.52. The molecule has 0 aromatic carbocycles. The molecular weight excluding hydrogens is 204 g/mol. The van der Waals surface area contributed by atoms with Crippen molar-refractivity contribution in [3.63, 3.8) is 0 Å². The molecule has 0 aliphatic carbocycles. The van der Waals surface area contributed by atoms with E-state index in [0.29, 0.717) is 13.2 Å². The molecule has 0 aromatic heterocycles. The van der Waals surface area contributed by atoms with Crippen molar-refractivity contribution in [2.75, 3.05) is 27.2 Å². The first-order chi connectivity index (χ1) is 6.35. The number of hydrogen-bond acceptors (Lipinski definition) is 3. The van der Waals surface area contributed by atoms with Crippen LogP contribution >= 0.6 is 0 Å². The highest BCUT2D eigenvalue weighted by Crippen LogP contribution is 2.16. The maximum atomic E-state index is 11.8. The van der Waals surface area contributed by atoms with Gasteiger partial charge >= 0.3 is 0 Å². The Morgan fingerprint density at radius 3 is 2.43 bits per heavy atom. The van der Waals surface area contributed by atoms with E-state index in [1.165, 1.54) is 8.61 Å². The van der Waals surface area contributed by atoms with Crippen molar-refractivity contribution in [1.29, 1.82) is 0 Å². The molecule has 0 spiro atoms. The van der Waals surface area contributed by atoms with Crippen molar-refractivity contribution in [3.05, 3.63) is 0 Å². The summed E-state index contributed by atoms with van der Waals surface area (Å²) in [6.07, 6.45) is -0.0269. The molecule has 0 aromatic rings. The van der Waals surface area contributed by atoms with Gasteiger partial charge in [-0.15, -0.1) is 0 Å². The van der Waals surface area contributed by atoms with Crippen LogP contribution in [-0.2, 0) is 14.9 Å². The predicted molar refractivity (Wildman–Crippen MR) is 54.2 cm³/mol. The molecule has 0 amide bonds. The fourth-order valence-corrected chi connectivity index (χ4v) is 2.74. The lowest BCUT2D eigenvalue weighted by Gasteiger charge is -2.36. The molecule has 0 bridgehead atoms. The van der Waals surface area contributed by atoms with Gasteiger partial charge in [-0.25, -0.2) is 0 Å². The van der Waals surface area contributed by atoms with Crippen molar-refractivity contribution in [3.8, 4) is 0 Å². The first kappa shape index (κ1) is 11.9. The second-order valence-electron chi connectivity index (χ2n) is 3.85. The summed E-state index contributed by atoms with van der Waals surface area (Å²) in [5, 5.41) is 0. The minimum atomic E-state index is -3.30. The molecule has 2 unspecified atom stereocenters. The maximum Gasteiger partial charge on any atom is 0.281 e. The van der Waals surface area contributed by atoms with Crippen LogP contribution in [0.2, 0.25) is 0 Å². The van der Waals surface area contributed by atoms with Crippen LogP contribution in [0.1, 0.15) is 13.8 Å². The molecule has 0 radical (unpaired) electrons. The van der Waals surface area contributed by atoms with E-state index in [1.807, 2.05) is 13.8 Å². The van der Waals surface area contributed by atoms with E-state index in [-0.39, 0.29) is 12.1 Å². The summed E-state index contributed by atoms with van der Waals surface area (Å²) in [6, 6.07) is -0.0846. The van der Waals surface area contributed by atoms with E-state index in [2.05, 4.69) is 0 Å². The van der Waals surface area contributed by atoms with Gasteiger partial charge in [0.2, 0.25) is 0 Å². The normalized spacial score (nSPS) is 30.9. The highest BCUT2D eigenvalue weighted by Gasteiger charge is 2.34. The molecule has 2 atom stereocenters. The van der Waals surface area contributed by atoms with Crippen molar-refractivity contribution < 1.29 is 13.2 Å². The highest BCUT2D eigenvalue weighted by atomic mass is 32.2. The molecule has 84 valence electrons. The van der Waals surface area contributed by atoms with Gasteiger partial charge in [-0.1, -0.05) is 0 Å². The first-order valence-electron chi connectivity index (χ1n) is 4.66. The van der Waals surface area contributed by atoms with Crippen LogP contribution in [0.3, 0.4) is 0 Å². The zero-order valence-corrected chi connectivity index (χ0v) is 9.91. The molecule has 1 heterocycles. The van der Waals surface area contributed by atoms with E-state index in [1.54, 1.807) is 14.1 Å². The standard InChI is InChI=1S/C8H18N2O3S/c1-7-6-13-8(2)5-10(7)14(11,12)9(3)4/h7-8H,5-6H2,1-4H3. The van der Waals surface area contributed by atoms with E-state index in [4.69, 9.17) is 4.74 Å². The Hall–Kier alpha value is -0.170. The Labute approximate surface area is 85.8 Å². The molecule has 0 saturated carbocycles. The monoisotopic (exact) mass is 222 g/mol. The minimum Gasteiger partial charge on any atom is -0.375 e. The van der Waals surface area contributed by atoms with Gasteiger partial charge in [-0.2, -0.15) is 17.0 Å². The molecule has 1 aliphatic heterocycles. The van der Waals surface area contributed by atoms with Crippen molar-refractivity contribution in [2.24, 2.45) is 0 Å². The van der Waals surface area contributed by atoms with Crippen molar-refractivity contribution in [2.45, 2.75) is 26.0 Å². The smallest absolute Gasteiger partial charge is 0.281 e. The number of rotatable bonds is 2. The summed E-state index contributed by atoms with van der Waals surface area (Å²) >= 11 is 0. The average molecular weight is 222 g/mol. The molecule has 6 heteroatoms. The molecule has 1 saturated heterocycles. The first-order valence-corrected chi connectivity index (χ1v) is 6.06. The van der Waals surface area contributed by atoms with Crippen LogP contribution in [0.4, 0.5) is 0 Å².